The summed E-state index contributed by atoms with van der Waals surface area (Å²) in [7, 11) is 0. The Morgan fingerprint density at radius 2 is 2.08 bits per heavy atom. The van der Waals surface area contributed by atoms with Crippen molar-refractivity contribution in [3.05, 3.63) is 71.3 Å². The summed E-state index contributed by atoms with van der Waals surface area (Å²) < 4.78 is 0. The van der Waals surface area contributed by atoms with Gasteiger partial charge in [0.05, 0.1) is 11.1 Å². The van der Waals surface area contributed by atoms with E-state index in [1.165, 1.54) is 5.56 Å². The molecule has 1 aliphatic heterocycles. The van der Waals surface area contributed by atoms with E-state index in [0.29, 0.717) is 5.06 Å². The van der Waals surface area contributed by atoms with Crippen molar-refractivity contribution in [2.75, 3.05) is 12.3 Å². The van der Waals surface area contributed by atoms with Crippen molar-refractivity contribution in [2.24, 2.45) is 10.7 Å². The molecule has 0 aromatic heterocycles. The van der Waals surface area contributed by atoms with Crippen molar-refractivity contribution in [3.8, 4) is 11.8 Å². The minimum Gasteiger partial charge on any atom is -0.350 e. The summed E-state index contributed by atoms with van der Waals surface area (Å²) in [6, 6.07) is 17.3. The fraction of sp³-hybridized carbons (Fsp3) is 0.158. The molecule has 2 amide bonds. The minimum absolute atomic E-state index is 0.134. The maximum atomic E-state index is 10.7. The van der Waals surface area contributed by atoms with Gasteiger partial charge in [0.2, 0.25) is 0 Å². The van der Waals surface area contributed by atoms with Crippen LogP contribution in [0.2, 0.25) is 0 Å². The lowest BCUT2D eigenvalue weighted by Gasteiger charge is -2.05. The molecular weight excluding hydrogens is 334 g/mol. The molecule has 1 aliphatic rings. The van der Waals surface area contributed by atoms with Gasteiger partial charge >= 0.3 is 6.03 Å². The zero-order chi connectivity index (χ0) is 17.6. The van der Waals surface area contributed by atoms with Crippen LogP contribution in [0.4, 0.5) is 4.79 Å². The smallest absolute Gasteiger partial charge is 0.339 e. The van der Waals surface area contributed by atoms with E-state index in [1.807, 2.05) is 42.5 Å². The largest absolute Gasteiger partial charge is 0.350 e. The van der Waals surface area contributed by atoms with Crippen molar-refractivity contribution in [1.82, 2.24) is 5.06 Å². The third-order valence-corrected chi connectivity index (χ3v) is 4.76. The normalized spacial score (nSPS) is 15.9. The Morgan fingerprint density at radius 1 is 1.28 bits per heavy atom. The highest BCUT2D eigenvalue weighted by Gasteiger charge is 2.20. The second-order valence-electron chi connectivity index (χ2n) is 5.45. The van der Waals surface area contributed by atoms with E-state index >= 15 is 0 Å². The fourth-order valence-electron chi connectivity index (χ4n) is 2.40. The second kappa shape index (κ2) is 7.88. The van der Waals surface area contributed by atoms with Crippen LogP contribution in [0.5, 0.6) is 0 Å². The molecule has 0 unspecified atom stereocenters. The van der Waals surface area contributed by atoms with Gasteiger partial charge in [-0.25, -0.2) is 4.79 Å². The zero-order valence-corrected chi connectivity index (χ0v) is 14.2. The molecule has 3 N–H and O–H groups in total. The van der Waals surface area contributed by atoms with Gasteiger partial charge in [0.1, 0.15) is 6.54 Å². The SMILES string of the molecule is NC(=O)N(O)CC#Cc1cccc(C2=N[C@H](c3ccccc3)CS2)c1. The standard InChI is InChI=1S/C19H17N3O2S/c20-19(23)22(24)11-5-7-14-6-4-10-16(12-14)18-21-17(13-25-18)15-8-2-1-3-9-15/h1-4,6,8-10,12,17,24H,11,13H2,(H2,20,23)/t17-/m0/s1. The molecule has 2 aromatic rings. The highest BCUT2D eigenvalue weighted by atomic mass is 32.2. The molecule has 3 rings (SSSR count). The molecular formula is C19H17N3O2S. The van der Waals surface area contributed by atoms with E-state index in [0.717, 1.165) is 21.9 Å². The Bertz CT molecular complexity index is 856. The number of rotatable bonds is 3. The van der Waals surface area contributed by atoms with Gasteiger partial charge in [-0.3, -0.25) is 10.2 Å². The zero-order valence-electron chi connectivity index (χ0n) is 13.4. The van der Waals surface area contributed by atoms with E-state index in [2.05, 4.69) is 24.0 Å². The number of carbonyl (C=O) groups excluding carboxylic acids is 1. The molecule has 1 heterocycles. The van der Waals surface area contributed by atoms with Gasteiger partial charge in [-0.15, -0.1) is 11.8 Å². The molecule has 5 nitrogen and oxygen atoms in total. The first kappa shape index (κ1) is 17.1. The van der Waals surface area contributed by atoms with Crippen LogP contribution in [0.1, 0.15) is 22.7 Å². The molecule has 25 heavy (non-hydrogen) atoms. The Kier molecular flexibility index (Phi) is 5.39. The van der Waals surface area contributed by atoms with E-state index in [1.54, 1.807) is 11.8 Å². The number of nitrogens with zero attached hydrogens (tertiary/aromatic N) is 2. The van der Waals surface area contributed by atoms with Crippen LogP contribution < -0.4 is 5.73 Å². The number of aliphatic imine (C=N–C) groups is 1. The molecule has 2 aromatic carbocycles. The Morgan fingerprint density at radius 3 is 2.84 bits per heavy atom. The van der Waals surface area contributed by atoms with Crippen molar-refractivity contribution in [3.63, 3.8) is 0 Å². The van der Waals surface area contributed by atoms with Gasteiger partial charge in [-0.1, -0.05) is 54.3 Å². The minimum atomic E-state index is -0.924. The number of benzene rings is 2. The Hall–Kier alpha value is -2.75. The second-order valence-corrected chi connectivity index (χ2v) is 6.46. The number of hydrogen-bond acceptors (Lipinski definition) is 4. The molecule has 6 heteroatoms. The third kappa shape index (κ3) is 4.41. The van der Waals surface area contributed by atoms with Crippen LogP contribution in [0.25, 0.3) is 0 Å². The molecule has 0 saturated carbocycles. The number of hydrogen-bond donors (Lipinski definition) is 2. The summed E-state index contributed by atoms with van der Waals surface area (Å²) in [5.74, 6) is 6.55. The maximum absolute atomic E-state index is 10.7. The van der Waals surface area contributed by atoms with Crippen LogP contribution in [0, 0.1) is 11.8 Å². The van der Waals surface area contributed by atoms with E-state index in [-0.39, 0.29) is 12.6 Å². The number of urea groups is 1. The number of amides is 2. The number of hydroxylamine groups is 2. The Balaban J connectivity index is 1.74. The molecule has 0 spiro atoms. The average molecular weight is 351 g/mol. The summed E-state index contributed by atoms with van der Waals surface area (Å²) in [5.41, 5.74) is 7.96. The third-order valence-electron chi connectivity index (χ3n) is 3.66. The van der Waals surface area contributed by atoms with E-state index in [4.69, 9.17) is 10.7 Å². The van der Waals surface area contributed by atoms with E-state index in [9.17, 15) is 10.0 Å². The van der Waals surface area contributed by atoms with Crippen molar-refractivity contribution < 1.29 is 10.0 Å². The summed E-state index contributed by atoms with van der Waals surface area (Å²) in [6.07, 6.45) is 0. The summed E-state index contributed by atoms with van der Waals surface area (Å²) in [6.45, 7) is -0.134. The molecule has 0 radical (unpaired) electrons. The molecule has 0 saturated heterocycles. The van der Waals surface area contributed by atoms with Gasteiger partial charge in [0.25, 0.3) is 0 Å². The topological polar surface area (TPSA) is 78.9 Å². The lowest BCUT2D eigenvalue weighted by atomic mass is 10.1. The number of thioether (sulfide) groups is 1. The summed E-state index contributed by atoms with van der Waals surface area (Å²) in [5, 5.41) is 10.6. The van der Waals surface area contributed by atoms with E-state index < -0.39 is 6.03 Å². The first-order valence-electron chi connectivity index (χ1n) is 7.74. The van der Waals surface area contributed by atoms with Crippen molar-refractivity contribution in [2.45, 2.75) is 6.04 Å². The maximum Gasteiger partial charge on any atom is 0.339 e. The van der Waals surface area contributed by atoms with Gasteiger partial charge in [-0.05, 0) is 17.7 Å². The van der Waals surface area contributed by atoms with Crippen LogP contribution in [-0.4, -0.2) is 33.6 Å². The quantitative estimate of drug-likeness (QED) is 0.507. The van der Waals surface area contributed by atoms with Crippen LogP contribution >= 0.6 is 11.8 Å². The molecule has 126 valence electrons. The van der Waals surface area contributed by atoms with Crippen LogP contribution in [0.3, 0.4) is 0 Å². The van der Waals surface area contributed by atoms with Crippen molar-refractivity contribution >= 4 is 22.8 Å². The average Bonchev–Trinajstić information content (AvgIpc) is 3.13. The van der Waals surface area contributed by atoms with Crippen LogP contribution in [-0.2, 0) is 0 Å². The number of primary amides is 1. The van der Waals surface area contributed by atoms with Crippen LogP contribution in [0.15, 0.2) is 59.6 Å². The Labute approximate surface area is 150 Å². The van der Waals surface area contributed by atoms with Gasteiger partial charge in [0, 0.05) is 16.9 Å². The first-order chi connectivity index (χ1) is 12.1. The number of nitrogens with two attached hydrogens (primary N) is 1. The lowest BCUT2D eigenvalue weighted by molar-refractivity contribution is -0.0269. The molecule has 0 aliphatic carbocycles. The van der Waals surface area contributed by atoms with Crippen molar-refractivity contribution in [1.29, 1.82) is 0 Å². The summed E-state index contributed by atoms with van der Waals surface area (Å²) in [4.78, 5) is 15.6. The predicted molar refractivity (Wildman–Crippen MR) is 99.6 cm³/mol. The van der Waals surface area contributed by atoms with Gasteiger partial charge in [0.15, 0.2) is 0 Å². The highest BCUT2D eigenvalue weighted by Crippen LogP contribution is 2.32. The molecule has 0 fully saturated rings. The molecule has 0 bridgehead atoms. The van der Waals surface area contributed by atoms with Gasteiger partial charge < -0.3 is 5.73 Å². The van der Waals surface area contributed by atoms with Gasteiger partial charge in [-0.2, -0.15) is 5.06 Å². The predicted octanol–water partition coefficient (Wildman–Crippen LogP) is 3.04. The number of carbonyl (C=O) groups is 1. The highest BCUT2D eigenvalue weighted by molar-refractivity contribution is 8.14. The molecule has 1 atom stereocenters. The first-order valence-corrected chi connectivity index (χ1v) is 8.73. The monoisotopic (exact) mass is 351 g/mol. The fourth-order valence-corrected chi connectivity index (χ4v) is 3.48. The lowest BCUT2D eigenvalue weighted by Crippen LogP contribution is -2.32. The summed E-state index contributed by atoms with van der Waals surface area (Å²) >= 11 is 1.73.